The second-order valence-electron chi connectivity index (χ2n) is 21.6. The highest BCUT2D eigenvalue weighted by molar-refractivity contribution is 5.89. The Balaban J connectivity index is 1.22. The zero-order valence-electron chi connectivity index (χ0n) is 52.1. The molecule has 1 N–H and O–H groups in total. The van der Waals surface area contributed by atoms with Crippen LogP contribution in [-0.2, 0) is 107 Å². The third-order valence-electron chi connectivity index (χ3n) is 14.2. The number of phenols is 1. The molecule has 10 atom stereocenters. The molecule has 0 aliphatic carbocycles. The van der Waals surface area contributed by atoms with E-state index in [1.54, 1.807) is 0 Å². The van der Waals surface area contributed by atoms with Crippen LogP contribution in [0.4, 0.5) is 0 Å². The molecule has 0 spiro atoms. The van der Waals surface area contributed by atoms with Gasteiger partial charge >= 0.3 is 41.8 Å². The molecule has 494 valence electrons. The number of esters is 7. The second kappa shape index (κ2) is 31.7. The molecule has 7 aromatic rings. The Hall–Kier alpha value is -10.5. The van der Waals surface area contributed by atoms with Crippen molar-refractivity contribution in [2.75, 3.05) is 13.2 Å². The molecular formula is C69H68O25. The van der Waals surface area contributed by atoms with Crippen molar-refractivity contribution >= 4 is 52.8 Å². The Kier molecular flexibility index (Phi) is 22.9. The van der Waals surface area contributed by atoms with E-state index in [1.807, 2.05) is 121 Å². The third kappa shape index (κ3) is 18.0. The summed E-state index contributed by atoms with van der Waals surface area (Å²) in [4.78, 5) is 106. The lowest BCUT2D eigenvalue weighted by molar-refractivity contribution is -0.327. The van der Waals surface area contributed by atoms with Crippen LogP contribution in [0.15, 0.2) is 155 Å². The lowest BCUT2D eigenvalue weighted by atomic mass is 9.97. The number of benzene rings is 6. The van der Waals surface area contributed by atoms with Crippen LogP contribution in [0.2, 0.25) is 0 Å². The molecule has 0 unspecified atom stereocenters. The molecule has 9 rings (SSSR count). The normalized spacial score (nSPS) is 20.7. The van der Waals surface area contributed by atoms with E-state index in [-0.39, 0.29) is 60.6 Å². The maximum atomic E-state index is 15.7. The van der Waals surface area contributed by atoms with E-state index < -0.39 is 144 Å². The molecule has 2 aliphatic rings. The second-order valence-corrected chi connectivity index (χ2v) is 21.6. The molecule has 3 heterocycles. The zero-order chi connectivity index (χ0) is 67.0. The van der Waals surface area contributed by atoms with E-state index in [0.717, 1.165) is 70.7 Å². The van der Waals surface area contributed by atoms with Gasteiger partial charge in [0.1, 0.15) is 67.7 Å². The Morgan fingerprint density at radius 1 is 0.426 bits per heavy atom. The Morgan fingerprint density at radius 3 is 1.27 bits per heavy atom. The number of phenolic OH excluding ortho intramolecular Hbond substituents is 1. The van der Waals surface area contributed by atoms with Gasteiger partial charge in [-0.1, -0.05) is 121 Å². The van der Waals surface area contributed by atoms with E-state index in [1.165, 1.54) is 24.3 Å². The first-order chi connectivity index (χ1) is 45.2. The molecule has 2 aliphatic heterocycles. The minimum Gasteiger partial charge on any atom is -0.507 e. The molecule has 94 heavy (non-hydrogen) atoms. The van der Waals surface area contributed by atoms with E-state index in [4.69, 9.17) is 75.5 Å². The number of fused-ring (bicyclic) bond motifs is 1. The minimum absolute atomic E-state index is 0.0139. The SMILES string of the molecule is CC(=O)OC[C@H]1O[C@@H](OC[C@H]2O[C@@H](Oc3c(-c4cc(OCc5ccccc5)c(OCc5ccccc5)c(OCc5ccccc5)c4)oc4cc(OCc5ccccc5)cc(O)c4c3=O)[C@H](OC(C)=O)[C@@H](OC(C)=O)[C@H]2OC(C)=O)[C@@H](OC(C)=O)[C@@H](OC(C)=O)[C@@H]1OC(C)=O. The van der Waals surface area contributed by atoms with Crippen molar-refractivity contribution < 1.29 is 114 Å². The largest absolute Gasteiger partial charge is 0.507 e. The summed E-state index contributed by atoms with van der Waals surface area (Å²) in [6, 6.07) is 42.4. The maximum absolute atomic E-state index is 15.7. The third-order valence-corrected chi connectivity index (χ3v) is 14.2. The number of hydrogen-bond donors (Lipinski definition) is 1. The van der Waals surface area contributed by atoms with Crippen molar-refractivity contribution in [1.82, 2.24) is 0 Å². The van der Waals surface area contributed by atoms with E-state index in [2.05, 4.69) is 0 Å². The van der Waals surface area contributed by atoms with Gasteiger partial charge < -0.3 is 80.6 Å². The summed E-state index contributed by atoms with van der Waals surface area (Å²) < 4.78 is 97.9. The average molecular weight is 1300 g/mol. The number of rotatable bonds is 26. The van der Waals surface area contributed by atoms with Gasteiger partial charge in [-0.25, -0.2) is 0 Å². The van der Waals surface area contributed by atoms with Crippen molar-refractivity contribution in [1.29, 1.82) is 0 Å². The Bertz CT molecular complexity index is 3790. The Morgan fingerprint density at radius 2 is 0.819 bits per heavy atom. The van der Waals surface area contributed by atoms with Gasteiger partial charge in [-0.3, -0.25) is 38.4 Å². The van der Waals surface area contributed by atoms with Gasteiger partial charge in [-0.05, 0) is 34.4 Å². The van der Waals surface area contributed by atoms with Crippen LogP contribution in [0.1, 0.15) is 70.7 Å². The summed E-state index contributed by atoms with van der Waals surface area (Å²) >= 11 is 0. The first-order valence-electron chi connectivity index (χ1n) is 29.6. The number of carbonyl (C=O) groups excluding carboxylic acids is 7. The van der Waals surface area contributed by atoms with Gasteiger partial charge in [0, 0.05) is 66.2 Å². The summed E-state index contributed by atoms with van der Waals surface area (Å²) in [5, 5.41) is 11.5. The fraction of sp³-hybridized carbons (Fsp3) is 0.333. The van der Waals surface area contributed by atoms with E-state index in [9.17, 15) is 38.7 Å². The lowest BCUT2D eigenvalue weighted by Crippen LogP contribution is -2.65. The maximum Gasteiger partial charge on any atom is 0.303 e. The van der Waals surface area contributed by atoms with Crippen LogP contribution in [0.3, 0.4) is 0 Å². The van der Waals surface area contributed by atoms with Gasteiger partial charge in [-0.15, -0.1) is 0 Å². The summed E-state index contributed by atoms with van der Waals surface area (Å²) in [5.74, 6) is -8.07. The average Bonchev–Trinajstić information content (AvgIpc) is 0.758. The number of ether oxygens (including phenoxy) is 15. The molecule has 25 nitrogen and oxygen atoms in total. The molecule has 0 bridgehead atoms. The van der Waals surface area contributed by atoms with Crippen molar-refractivity contribution in [3.63, 3.8) is 0 Å². The smallest absolute Gasteiger partial charge is 0.303 e. The monoisotopic (exact) mass is 1300 g/mol. The van der Waals surface area contributed by atoms with Crippen molar-refractivity contribution in [2.45, 2.75) is 136 Å². The number of carbonyl (C=O) groups is 7. The predicted octanol–water partition coefficient (Wildman–Crippen LogP) is 8.48. The van der Waals surface area contributed by atoms with Crippen LogP contribution in [0, 0.1) is 0 Å². The minimum atomic E-state index is -2.13. The number of aromatic hydroxyl groups is 1. The van der Waals surface area contributed by atoms with Crippen LogP contribution in [0.5, 0.6) is 34.5 Å². The molecule has 2 fully saturated rings. The fourth-order valence-corrected chi connectivity index (χ4v) is 10.4. The van der Waals surface area contributed by atoms with Crippen LogP contribution in [0.25, 0.3) is 22.3 Å². The van der Waals surface area contributed by atoms with Crippen molar-refractivity contribution in [3.8, 4) is 45.8 Å². The first-order valence-corrected chi connectivity index (χ1v) is 29.6. The highest BCUT2D eigenvalue weighted by Gasteiger charge is 2.56. The van der Waals surface area contributed by atoms with Gasteiger partial charge in [0.25, 0.3) is 0 Å². The topological polar surface area (TPSA) is 308 Å². The van der Waals surface area contributed by atoms with Gasteiger partial charge in [0.05, 0.1) is 6.61 Å². The molecule has 6 aromatic carbocycles. The molecule has 1 aromatic heterocycles. The fourth-order valence-electron chi connectivity index (χ4n) is 10.4. The molecule has 2 saturated heterocycles. The van der Waals surface area contributed by atoms with Crippen molar-refractivity contribution in [3.05, 3.63) is 178 Å². The van der Waals surface area contributed by atoms with Crippen LogP contribution < -0.4 is 29.1 Å². The molecular weight excluding hydrogens is 1230 g/mol. The highest BCUT2D eigenvalue weighted by atomic mass is 16.8. The van der Waals surface area contributed by atoms with E-state index >= 15 is 4.79 Å². The summed E-state index contributed by atoms with van der Waals surface area (Å²) in [7, 11) is 0. The Labute approximate surface area is 538 Å². The predicted molar refractivity (Wildman–Crippen MR) is 327 cm³/mol. The summed E-state index contributed by atoms with van der Waals surface area (Å²) in [6.07, 6.45) is -18.0. The quantitative estimate of drug-likeness (QED) is 0.0392. The molecule has 0 radical (unpaired) electrons. The molecule has 0 saturated carbocycles. The van der Waals surface area contributed by atoms with Crippen LogP contribution >= 0.6 is 0 Å². The number of hydrogen-bond acceptors (Lipinski definition) is 25. The summed E-state index contributed by atoms with van der Waals surface area (Å²) in [6.45, 7) is 5.69. The molecule has 25 heteroatoms. The van der Waals surface area contributed by atoms with Gasteiger partial charge in [0.2, 0.25) is 29.3 Å². The first kappa shape index (κ1) is 67.9. The lowest BCUT2D eigenvalue weighted by Gasteiger charge is -2.46. The van der Waals surface area contributed by atoms with E-state index in [0.29, 0.717) is 0 Å². The standard InChI is InChI=1S/C69H68O25/c1-38(70)79-36-55-61(85-39(2)71)64(87-41(4)73)66(89-43(6)75)68(92-55)84-37-56-62(86-40(3)72)65(88-42(5)74)67(90-44(7)76)69(93-56)94-63-58(78)57-51(77)30-50(80-32-45-20-12-8-13-21-45)31-52(57)91-59(63)49-28-53(81-33-46-22-14-9-15-23-46)60(83-35-48-26-18-11-19-27-48)54(29-49)82-34-47-24-16-10-17-25-47/h8-31,55-56,61-62,64-69,77H,32-37H2,1-7H3/t55-,56-,61-,62+,64+,65+,66+,67-,68-,69+/m1/s1. The summed E-state index contributed by atoms with van der Waals surface area (Å²) in [5.41, 5.74) is 1.78. The zero-order valence-corrected chi connectivity index (χ0v) is 52.1. The van der Waals surface area contributed by atoms with Crippen LogP contribution in [-0.4, -0.2) is 122 Å². The molecule has 0 amide bonds. The highest BCUT2D eigenvalue weighted by Crippen LogP contribution is 2.47. The van der Waals surface area contributed by atoms with Crippen molar-refractivity contribution in [2.24, 2.45) is 0 Å². The van der Waals surface area contributed by atoms with Gasteiger partial charge in [0.15, 0.2) is 54.1 Å². The van der Waals surface area contributed by atoms with Gasteiger partial charge in [-0.2, -0.15) is 0 Å².